The standard InChI is InChI=1S/C14H19NO5S/c1-2-10-3-4-11(14(17)18)9-13(10)21(19,20)15(7-8-16)12-5-6-12/h3-4,9,12,16H,2,5-8H2,1H3,(H,17,18). The van der Waals surface area contributed by atoms with E-state index in [1.807, 2.05) is 6.92 Å². The number of rotatable bonds is 7. The third-order valence-corrected chi connectivity index (χ3v) is 5.59. The van der Waals surface area contributed by atoms with Crippen LogP contribution in [0.4, 0.5) is 0 Å². The van der Waals surface area contributed by atoms with Crippen LogP contribution in [-0.2, 0) is 16.4 Å². The van der Waals surface area contributed by atoms with Gasteiger partial charge in [-0.1, -0.05) is 13.0 Å². The van der Waals surface area contributed by atoms with Crippen LogP contribution in [0.5, 0.6) is 0 Å². The monoisotopic (exact) mass is 313 g/mol. The first-order valence-electron chi connectivity index (χ1n) is 6.90. The minimum atomic E-state index is -3.79. The number of aliphatic hydroxyl groups excluding tert-OH is 1. The van der Waals surface area contributed by atoms with Crippen LogP contribution in [0.15, 0.2) is 23.1 Å². The van der Waals surface area contributed by atoms with E-state index >= 15 is 0 Å². The summed E-state index contributed by atoms with van der Waals surface area (Å²) < 4.78 is 26.8. The molecule has 0 heterocycles. The number of aryl methyl sites for hydroxylation is 1. The SMILES string of the molecule is CCc1ccc(C(=O)O)cc1S(=O)(=O)N(CCO)C1CC1. The summed E-state index contributed by atoms with van der Waals surface area (Å²) in [6.45, 7) is 1.60. The second-order valence-electron chi connectivity index (χ2n) is 5.05. The number of sulfonamides is 1. The van der Waals surface area contributed by atoms with Crippen LogP contribution in [-0.4, -0.2) is 48.1 Å². The summed E-state index contributed by atoms with van der Waals surface area (Å²) in [5.41, 5.74) is 0.536. The average molecular weight is 313 g/mol. The highest BCUT2D eigenvalue weighted by Gasteiger charge is 2.38. The van der Waals surface area contributed by atoms with Crippen LogP contribution < -0.4 is 0 Å². The number of hydrogen-bond donors (Lipinski definition) is 2. The van der Waals surface area contributed by atoms with Crippen LogP contribution in [0.25, 0.3) is 0 Å². The van der Waals surface area contributed by atoms with Crippen molar-refractivity contribution >= 4 is 16.0 Å². The van der Waals surface area contributed by atoms with Crippen molar-refractivity contribution in [3.63, 3.8) is 0 Å². The van der Waals surface area contributed by atoms with E-state index in [2.05, 4.69) is 0 Å². The second-order valence-corrected chi connectivity index (χ2v) is 6.91. The van der Waals surface area contributed by atoms with Crippen molar-refractivity contribution in [3.05, 3.63) is 29.3 Å². The Bertz CT molecular complexity index is 637. The Labute approximate surface area is 124 Å². The van der Waals surface area contributed by atoms with Gasteiger partial charge in [-0.3, -0.25) is 0 Å². The van der Waals surface area contributed by atoms with Gasteiger partial charge in [0.2, 0.25) is 10.0 Å². The third-order valence-electron chi connectivity index (χ3n) is 3.56. The summed E-state index contributed by atoms with van der Waals surface area (Å²) in [6.07, 6.45) is 2.05. The number of aliphatic hydroxyl groups is 1. The van der Waals surface area contributed by atoms with Crippen LogP contribution in [0.1, 0.15) is 35.7 Å². The van der Waals surface area contributed by atoms with E-state index in [1.54, 1.807) is 6.07 Å². The number of aromatic carboxylic acids is 1. The molecule has 1 fully saturated rings. The number of nitrogens with zero attached hydrogens (tertiary/aromatic N) is 1. The van der Waals surface area contributed by atoms with Gasteiger partial charge in [-0.2, -0.15) is 4.31 Å². The molecule has 0 bridgehead atoms. The highest BCUT2D eigenvalue weighted by atomic mass is 32.2. The Morgan fingerprint density at radius 3 is 2.52 bits per heavy atom. The number of carboxylic acids is 1. The molecule has 0 spiro atoms. The smallest absolute Gasteiger partial charge is 0.335 e. The number of carboxylic acid groups (broad SMARTS) is 1. The maximum Gasteiger partial charge on any atom is 0.335 e. The lowest BCUT2D eigenvalue weighted by atomic mass is 10.1. The van der Waals surface area contributed by atoms with E-state index in [0.717, 1.165) is 12.8 Å². The van der Waals surface area contributed by atoms with Gasteiger partial charge < -0.3 is 10.2 Å². The van der Waals surface area contributed by atoms with E-state index in [-0.39, 0.29) is 29.7 Å². The Balaban J connectivity index is 2.51. The molecule has 21 heavy (non-hydrogen) atoms. The van der Waals surface area contributed by atoms with E-state index in [4.69, 9.17) is 10.2 Å². The normalized spacial score (nSPS) is 15.4. The Morgan fingerprint density at radius 1 is 1.38 bits per heavy atom. The van der Waals surface area contributed by atoms with Gasteiger partial charge in [0.15, 0.2) is 0 Å². The predicted molar refractivity (Wildman–Crippen MR) is 76.8 cm³/mol. The first-order chi connectivity index (χ1) is 9.91. The van der Waals surface area contributed by atoms with Crippen molar-refractivity contribution in [2.75, 3.05) is 13.2 Å². The van der Waals surface area contributed by atoms with Gasteiger partial charge in [0.05, 0.1) is 17.1 Å². The molecule has 1 saturated carbocycles. The Hall–Kier alpha value is -1.44. The zero-order valence-electron chi connectivity index (χ0n) is 11.8. The fraction of sp³-hybridized carbons (Fsp3) is 0.500. The van der Waals surface area contributed by atoms with Gasteiger partial charge in [-0.25, -0.2) is 13.2 Å². The quantitative estimate of drug-likeness (QED) is 0.786. The molecule has 0 aromatic heterocycles. The first kappa shape index (κ1) is 15.9. The molecule has 1 aromatic rings. The van der Waals surface area contributed by atoms with Gasteiger partial charge in [-0.15, -0.1) is 0 Å². The van der Waals surface area contributed by atoms with Crippen LogP contribution >= 0.6 is 0 Å². The Kier molecular flexibility index (Phi) is 4.65. The summed E-state index contributed by atoms with van der Waals surface area (Å²) in [5.74, 6) is -1.16. The van der Waals surface area contributed by atoms with Crippen molar-refractivity contribution in [1.29, 1.82) is 0 Å². The summed E-state index contributed by atoms with van der Waals surface area (Å²) in [7, 11) is -3.79. The largest absolute Gasteiger partial charge is 0.478 e. The van der Waals surface area contributed by atoms with E-state index in [9.17, 15) is 13.2 Å². The molecule has 0 atom stereocenters. The fourth-order valence-corrected chi connectivity index (χ4v) is 4.30. The minimum Gasteiger partial charge on any atom is -0.478 e. The number of hydrogen-bond acceptors (Lipinski definition) is 4. The van der Waals surface area contributed by atoms with Gasteiger partial charge >= 0.3 is 5.97 Å². The topological polar surface area (TPSA) is 94.9 Å². The maximum atomic E-state index is 12.8. The molecule has 0 amide bonds. The molecular formula is C14H19NO5S. The molecule has 6 nitrogen and oxygen atoms in total. The molecule has 0 unspecified atom stereocenters. The molecule has 2 N–H and O–H groups in total. The van der Waals surface area contributed by atoms with Gasteiger partial charge in [0.1, 0.15) is 0 Å². The van der Waals surface area contributed by atoms with E-state index < -0.39 is 16.0 Å². The van der Waals surface area contributed by atoms with E-state index in [0.29, 0.717) is 12.0 Å². The van der Waals surface area contributed by atoms with Crippen molar-refractivity contribution in [1.82, 2.24) is 4.31 Å². The highest BCUT2D eigenvalue weighted by Crippen LogP contribution is 2.33. The summed E-state index contributed by atoms with van der Waals surface area (Å²) in [5, 5.41) is 18.1. The van der Waals surface area contributed by atoms with Crippen LogP contribution in [0.3, 0.4) is 0 Å². The Morgan fingerprint density at radius 2 is 2.05 bits per heavy atom. The zero-order chi connectivity index (χ0) is 15.6. The molecule has 0 radical (unpaired) electrons. The van der Waals surface area contributed by atoms with Crippen molar-refractivity contribution in [2.45, 2.75) is 37.1 Å². The summed E-state index contributed by atoms with van der Waals surface area (Å²) in [6, 6.07) is 4.08. The molecule has 1 aliphatic rings. The number of carbonyl (C=O) groups is 1. The summed E-state index contributed by atoms with van der Waals surface area (Å²) in [4.78, 5) is 11.1. The van der Waals surface area contributed by atoms with Gasteiger partial charge in [-0.05, 0) is 37.0 Å². The molecule has 1 aromatic carbocycles. The van der Waals surface area contributed by atoms with Crippen molar-refractivity contribution in [2.24, 2.45) is 0 Å². The average Bonchev–Trinajstić information content (AvgIpc) is 3.28. The van der Waals surface area contributed by atoms with Gasteiger partial charge in [0, 0.05) is 12.6 Å². The van der Waals surface area contributed by atoms with Crippen molar-refractivity contribution < 1.29 is 23.4 Å². The fourth-order valence-electron chi connectivity index (χ4n) is 2.31. The lowest BCUT2D eigenvalue weighted by Gasteiger charge is -2.22. The second kappa shape index (κ2) is 6.13. The van der Waals surface area contributed by atoms with Gasteiger partial charge in [0.25, 0.3) is 0 Å². The zero-order valence-corrected chi connectivity index (χ0v) is 12.6. The van der Waals surface area contributed by atoms with E-state index in [1.165, 1.54) is 16.4 Å². The highest BCUT2D eigenvalue weighted by molar-refractivity contribution is 7.89. The third kappa shape index (κ3) is 3.25. The maximum absolute atomic E-state index is 12.8. The summed E-state index contributed by atoms with van der Waals surface area (Å²) >= 11 is 0. The van der Waals surface area contributed by atoms with Crippen LogP contribution in [0, 0.1) is 0 Å². The molecule has 2 rings (SSSR count). The molecular weight excluding hydrogens is 294 g/mol. The molecule has 116 valence electrons. The predicted octanol–water partition coefficient (Wildman–Crippen LogP) is 1.09. The molecule has 0 aliphatic heterocycles. The first-order valence-corrected chi connectivity index (χ1v) is 8.34. The molecule has 7 heteroatoms. The molecule has 0 saturated heterocycles. The number of benzene rings is 1. The van der Waals surface area contributed by atoms with Crippen LogP contribution in [0.2, 0.25) is 0 Å². The lowest BCUT2D eigenvalue weighted by Crippen LogP contribution is -2.36. The van der Waals surface area contributed by atoms with Crippen molar-refractivity contribution in [3.8, 4) is 0 Å². The molecule has 1 aliphatic carbocycles. The lowest BCUT2D eigenvalue weighted by molar-refractivity contribution is 0.0696. The minimum absolute atomic E-state index is 0.0326.